The Balaban J connectivity index is 1.55. The second kappa shape index (κ2) is 8.68. The summed E-state index contributed by atoms with van der Waals surface area (Å²) in [6.07, 6.45) is 2.32. The fourth-order valence-electron chi connectivity index (χ4n) is 3.21. The molecule has 28 heavy (non-hydrogen) atoms. The lowest BCUT2D eigenvalue weighted by molar-refractivity contribution is -0.120. The minimum absolute atomic E-state index is 0.0392. The fourth-order valence-corrected chi connectivity index (χ4v) is 5.00. The van der Waals surface area contributed by atoms with Gasteiger partial charge in [0.15, 0.2) is 0 Å². The number of anilines is 1. The Hall–Kier alpha value is -1.83. The number of amides is 1. The third-order valence-corrected chi connectivity index (χ3v) is 7.43. The number of benzene rings is 2. The molecular formula is C21H26N2O3S2. The molecule has 0 saturated carbocycles. The van der Waals surface area contributed by atoms with Crippen LogP contribution in [0.2, 0.25) is 0 Å². The number of aryl methyl sites for hydroxylation is 2. The highest BCUT2D eigenvalue weighted by Gasteiger charge is 2.28. The van der Waals surface area contributed by atoms with Crippen LogP contribution in [-0.2, 0) is 14.8 Å². The molecule has 1 aliphatic rings. The largest absolute Gasteiger partial charge is 0.326 e. The molecule has 0 aliphatic carbocycles. The van der Waals surface area contributed by atoms with Crippen molar-refractivity contribution in [2.75, 3.05) is 24.7 Å². The summed E-state index contributed by atoms with van der Waals surface area (Å²) in [6, 6.07) is 14.2. The van der Waals surface area contributed by atoms with Gasteiger partial charge in [0.2, 0.25) is 15.9 Å². The molecule has 0 bridgehead atoms. The van der Waals surface area contributed by atoms with Crippen molar-refractivity contribution in [3.05, 3.63) is 53.6 Å². The number of rotatable bonds is 5. The van der Waals surface area contributed by atoms with Gasteiger partial charge in [0.25, 0.3) is 0 Å². The van der Waals surface area contributed by atoms with Gasteiger partial charge in [0.1, 0.15) is 0 Å². The first-order chi connectivity index (χ1) is 13.2. The van der Waals surface area contributed by atoms with E-state index in [0.717, 1.165) is 10.6 Å². The van der Waals surface area contributed by atoms with Crippen LogP contribution in [-0.4, -0.2) is 38.0 Å². The molecule has 7 heteroatoms. The number of sulfonamides is 1. The van der Waals surface area contributed by atoms with Gasteiger partial charge in [0.05, 0.1) is 6.26 Å². The SMILES string of the molecule is Cc1ccc(Sc2ccc(NC(=O)C3CCN(S(C)(=O)=O)CC3)cc2)cc1C. The summed E-state index contributed by atoms with van der Waals surface area (Å²) in [5.41, 5.74) is 3.32. The van der Waals surface area contributed by atoms with Crippen molar-refractivity contribution >= 4 is 33.4 Å². The third kappa shape index (κ3) is 5.37. The smallest absolute Gasteiger partial charge is 0.227 e. The van der Waals surface area contributed by atoms with Crippen molar-refractivity contribution in [3.63, 3.8) is 0 Å². The van der Waals surface area contributed by atoms with Crippen LogP contribution < -0.4 is 5.32 Å². The highest BCUT2D eigenvalue weighted by atomic mass is 32.2. The van der Waals surface area contributed by atoms with Crippen LogP contribution >= 0.6 is 11.8 Å². The Morgan fingerprint density at radius 3 is 2.18 bits per heavy atom. The fraction of sp³-hybridized carbons (Fsp3) is 0.381. The van der Waals surface area contributed by atoms with Gasteiger partial charge in [-0.15, -0.1) is 0 Å². The average Bonchev–Trinajstić information content (AvgIpc) is 2.66. The molecule has 2 aromatic rings. The summed E-state index contributed by atoms with van der Waals surface area (Å²) < 4.78 is 24.6. The number of hydrogen-bond donors (Lipinski definition) is 1. The van der Waals surface area contributed by atoms with Gasteiger partial charge in [-0.25, -0.2) is 12.7 Å². The van der Waals surface area contributed by atoms with Crippen LogP contribution in [0.15, 0.2) is 52.3 Å². The van der Waals surface area contributed by atoms with Gasteiger partial charge in [0, 0.05) is 34.5 Å². The highest BCUT2D eigenvalue weighted by Crippen LogP contribution is 2.30. The van der Waals surface area contributed by atoms with Crippen molar-refractivity contribution in [1.82, 2.24) is 4.31 Å². The lowest BCUT2D eigenvalue weighted by atomic mass is 9.97. The minimum Gasteiger partial charge on any atom is -0.326 e. The van der Waals surface area contributed by atoms with Crippen molar-refractivity contribution in [2.24, 2.45) is 5.92 Å². The maximum atomic E-state index is 12.5. The van der Waals surface area contributed by atoms with Crippen LogP contribution in [0.4, 0.5) is 5.69 Å². The summed E-state index contributed by atoms with van der Waals surface area (Å²) in [7, 11) is -3.17. The van der Waals surface area contributed by atoms with E-state index in [1.54, 1.807) is 11.8 Å². The molecule has 1 amide bonds. The van der Waals surface area contributed by atoms with E-state index < -0.39 is 10.0 Å². The number of nitrogens with zero attached hydrogens (tertiary/aromatic N) is 1. The van der Waals surface area contributed by atoms with Gasteiger partial charge >= 0.3 is 0 Å². The molecule has 0 spiro atoms. The topological polar surface area (TPSA) is 66.5 Å². The van der Waals surface area contributed by atoms with Crippen LogP contribution in [0, 0.1) is 19.8 Å². The summed E-state index contributed by atoms with van der Waals surface area (Å²) in [5.74, 6) is -0.190. The van der Waals surface area contributed by atoms with Gasteiger partial charge < -0.3 is 5.32 Å². The third-order valence-electron chi connectivity index (χ3n) is 5.13. The zero-order valence-corrected chi connectivity index (χ0v) is 18.1. The molecule has 150 valence electrons. The Bertz CT molecular complexity index is 948. The number of hydrogen-bond acceptors (Lipinski definition) is 4. The molecule has 1 saturated heterocycles. The molecule has 0 radical (unpaired) electrons. The van der Waals surface area contributed by atoms with Gasteiger partial charge in [-0.1, -0.05) is 17.8 Å². The molecule has 1 aliphatic heterocycles. The van der Waals surface area contributed by atoms with E-state index in [4.69, 9.17) is 0 Å². The monoisotopic (exact) mass is 418 g/mol. The van der Waals surface area contributed by atoms with Crippen molar-refractivity contribution < 1.29 is 13.2 Å². The van der Waals surface area contributed by atoms with Gasteiger partial charge in [-0.05, 0) is 74.2 Å². The predicted molar refractivity (Wildman–Crippen MR) is 114 cm³/mol. The highest BCUT2D eigenvalue weighted by molar-refractivity contribution is 7.99. The number of carbonyl (C=O) groups excluding carboxylic acids is 1. The first kappa shape index (κ1) is 20.9. The summed E-state index contributed by atoms with van der Waals surface area (Å²) >= 11 is 1.69. The molecule has 5 nitrogen and oxygen atoms in total. The Morgan fingerprint density at radius 2 is 1.61 bits per heavy atom. The summed E-state index contributed by atoms with van der Waals surface area (Å²) in [4.78, 5) is 14.8. The van der Waals surface area contributed by atoms with E-state index in [0.29, 0.717) is 25.9 Å². The van der Waals surface area contributed by atoms with Crippen LogP contribution in [0.1, 0.15) is 24.0 Å². The molecule has 0 atom stereocenters. The van der Waals surface area contributed by atoms with E-state index in [-0.39, 0.29) is 11.8 Å². The molecule has 2 aromatic carbocycles. The second-order valence-corrected chi connectivity index (χ2v) is 10.4. The van der Waals surface area contributed by atoms with Crippen LogP contribution in [0.3, 0.4) is 0 Å². The maximum absolute atomic E-state index is 12.5. The van der Waals surface area contributed by atoms with E-state index in [1.807, 2.05) is 24.3 Å². The molecule has 1 N–H and O–H groups in total. The molecular weight excluding hydrogens is 392 g/mol. The van der Waals surface area contributed by atoms with E-state index in [9.17, 15) is 13.2 Å². The standard InChI is InChI=1S/C21H26N2O3S2/c1-15-4-7-20(14-16(15)2)27-19-8-5-18(6-9-19)22-21(24)17-10-12-23(13-11-17)28(3,25)26/h4-9,14,17H,10-13H2,1-3H3,(H,22,24). The average molecular weight is 419 g/mol. The number of carbonyl (C=O) groups is 1. The molecule has 1 heterocycles. The molecule has 0 aromatic heterocycles. The van der Waals surface area contributed by atoms with Crippen molar-refractivity contribution in [2.45, 2.75) is 36.5 Å². The van der Waals surface area contributed by atoms with Crippen LogP contribution in [0.25, 0.3) is 0 Å². The lowest BCUT2D eigenvalue weighted by Gasteiger charge is -2.29. The zero-order valence-electron chi connectivity index (χ0n) is 16.4. The van der Waals surface area contributed by atoms with Crippen LogP contribution in [0.5, 0.6) is 0 Å². The van der Waals surface area contributed by atoms with Crippen molar-refractivity contribution in [3.8, 4) is 0 Å². The quantitative estimate of drug-likeness (QED) is 0.795. The van der Waals surface area contributed by atoms with Crippen molar-refractivity contribution in [1.29, 1.82) is 0 Å². The van der Waals surface area contributed by atoms with Gasteiger partial charge in [-0.2, -0.15) is 0 Å². The predicted octanol–water partition coefficient (Wildman–Crippen LogP) is 4.06. The lowest BCUT2D eigenvalue weighted by Crippen LogP contribution is -2.40. The van der Waals surface area contributed by atoms with E-state index in [2.05, 4.69) is 37.4 Å². The molecule has 1 fully saturated rings. The Labute approximate surface area is 171 Å². The van der Waals surface area contributed by atoms with E-state index >= 15 is 0 Å². The maximum Gasteiger partial charge on any atom is 0.227 e. The Kier molecular flexibility index (Phi) is 6.47. The first-order valence-corrected chi connectivity index (χ1v) is 12.0. The summed E-state index contributed by atoms with van der Waals surface area (Å²) in [5, 5.41) is 2.96. The second-order valence-electron chi connectivity index (χ2n) is 7.30. The number of piperidine rings is 1. The number of nitrogens with one attached hydrogen (secondary N) is 1. The van der Waals surface area contributed by atoms with E-state index in [1.165, 1.54) is 26.6 Å². The molecule has 3 rings (SSSR count). The minimum atomic E-state index is -3.17. The van der Waals surface area contributed by atoms with Gasteiger partial charge in [-0.3, -0.25) is 4.79 Å². The zero-order chi connectivity index (χ0) is 20.3. The summed E-state index contributed by atoms with van der Waals surface area (Å²) in [6.45, 7) is 5.02. The normalized spacial score (nSPS) is 16.1. The first-order valence-electron chi connectivity index (χ1n) is 9.33. The Morgan fingerprint density at radius 1 is 1.00 bits per heavy atom. The molecule has 0 unspecified atom stereocenters.